The minimum Gasteiger partial charge on any atom is -0.314 e. The average molecular weight is 144 g/mol. The molecule has 0 unspecified atom stereocenters. The van der Waals surface area contributed by atoms with E-state index in [0.29, 0.717) is 6.04 Å². The average Bonchev–Trinajstić information content (AvgIpc) is 1.90. The Bertz CT molecular complexity index is 75.3. The maximum atomic E-state index is 3.46. The Kier molecular flexibility index (Phi) is 4.65. The summed E-state index contributed by atoms with van der Waals surface area (Å²) in [5.41, 5.74) is 0. The van der Waals surface area contributed by atoms with Crippen LogP contribution in [0.15, 0.2) is 0 Å². The van der Waals surface area contributed by atoms with E-state index in [0.717, 1.165) is 25.6 Å². The fourth-order valence-electron chi connectivity index (χ4n) is 1.15. The highest BCUT2D eigenvalue weighted by atomic mass is 15.1. The van der Waals surface area contributed by atoms with Gasteiger partial charge >= 0.3 is 0 Å². The monoisotopic (exact) mass is 144 g/mol. The molecule has 1 aliphatic rings. The number of hydrogen-bond acceptors (Lipinski definition) is 2. The topological polar surface area (TPSA) is 24.1 Å². The highest BCUT2D eigenvalue weighted by Crippen LogP contribution is 2.00. The summed E-state index contributed by atoms with van der Waals surface area (Å²) in [5, 5.41) is 6.81. The third-order valence-corrected chi connectivity index (χ3v) is 1.88. The van der Waals surface area contributed by atoms with Gasteiger partial charge in [-0.2, -0.15) is 0 Å². The van der Waals surface area contributed by atoms with E-state index in [-0.39, 0.29) is 7.43 Å². The molecule has 0 saturated carbocycles. The molecule has 1 fully saturated rings. The van der Waals surface area contributed by atoms with Gasteiger partial charge in [-0.25, -0.2) is 0 Å². The first-order valence-corrected chi connectivity index (χ1v) is 3.75. The highest BCUT2D eigenvalue weighted by Gasteiger charge is 2.14. The molecule has 0 radical (unpaired) electrons. The van der Waals surface area contributed by atoms with Crippen molar-refractivity contribution in [2.24, 2.45) is 5.92 Å². The van der Waals surface area contributed by atoms with Crippen LogP contribution in [0.3, 0.4) is 0 Å². The molecule has 2 N–H and O–H groups in total. The van der Waals surface area contributed by atoms with Crippen molar-refractivity contribution in [3.8, 4) is 0 Å². The van der Waals surface area contributed by atoms with E-state index in [2.05, 4.69) is 24.5 Å². The number of piperazine rings is 1. The van der Waals surface area contributed by atoms with E-state index in [1.54, 1.807) is 0 Å². The Morgan fingerprint density at radius 3 is 2.30 bits per heavy atom. The lowest BCUT2D eigenvalue weighted by atomic mass is 10.0. The molecule has 0 aromatic carbocycles. The number of nitrogens with one attached hydrogen (secondary N) is 2. The Balaban J connectivity index is 0.000000810. The molecule has 0 amide bonds. The van der Waals surface area contributed by atoms with Crippen LogP contribution in [0.4, 0.5) is 0 Å². The van der Waals surface area contributed by atoms with Crippen LogP contribution in [-0.2, 0) is 0 Å². The van der Waals surface area contributed by atoms with Crippen molar-refractivity contribution < 1.29 is 0 Å². The zero-order valence-corrected chi connectivity index (χ0v) is 6.28. The lowest BCUT2D eigenvalue weighted by molar-refractivity contribution is 0.342. The van der Waals surface area contributed by atoms with Gasteiger partial charge < -0.3 is 10.6 Å². The second-order valence-electron chi connectivity index (χ2n) is 3.01. The lowest BCUT2D eigenvalue weighted by Gasteiger charge is -2.27. The van der Waals surface area contributed by atoms with Crippen molar-refractivity contribution >= 4 is 0 Å². The van der Waals surface area contributed by atoms with Gasteiger partial charge in [-0.15, -0.1) is 0 Å². The van der Waals surface area contributed by atoms with Gasteiger partial charge in [0.15, 0.2) is 0 Å². The molecular weight excluding hydrogens is 124 g/mol. The van der Waals surface area contributed by atoms with Crippen LogP contribution in [0.1, 0.15) is 21.3 Å². The Morgan fingerprint density at radius 2 is 2.00 bits per heavy atom. The second-order valence-corrected chi connectivity index (χ2v) is 3.01. The Labute approximate surface area is 64.4 Å². The van der Waals surface area contributed by atoms with Crippen molar-refractivity contribution in [2.75, 3.05) is 19.6 Å². The summed E-state index contributed by atoms with van der Waals surface area (Å²) in [6.45, 7) is 7.90. The van der Waals surface area contributed by atoms with Crippen LogP contribution < -0.4 is 10.6 Å². The first kappa shape index (κ1) is 9.92. The third kappa shape index (κ3) is 2.67. The summed E-state index contributed by atoms with van der Waals surface area (Å²) in [4.78, 5) is 0. The predicted molar refractivity (Wildman–Crippen MR) is 46.2 cm³/mol. The van der Waals surface area contributed by atoms with Gasteiger partial charge in [0, 0.05) is 25.7 Å². The summed E-state index contributed by atoms with van der Waals surface area (Å²) in [6, 6.07) is 0.693. The van der Waals surface area contributed by atoms with Gasteiger partial charge in [0.25, 0.3) is 0 Å². The summed E-state index contributed by atoms with van der Waals surface area (Å²) >= 11 is 0. The molecule has 0 bridgehead atoms. The van der Waals surface area contributed by atoms with Gasteiger partial charge in [0.2, 0.25) is 0 Å². The normalized spacial score (nSPS) is 26.1. The van der Waals surface area contributed by atoms with Gasteiger partial charge in [0.05, 0.1) is 0 Å². The lowest BCUT2D eigenvalue weighted by Crippen LogP contribution is -2.50. The van der Waals surface area contributed by atoms with E-state index in [9.17, 15) is 0 Å². The first-order chi connectivity index (χ1) is 4.30. The van der Waals surface area contributed by atoms with Crippen molar-refractivity contribution in [1.82, 2.24) is 10.6 Å². The highest BCUT2D eigenvalue weighted by molar-refractivity contribution is 4.77. The Morgan fingerprint density at radius 1 is 1.30 bits per heavy atom. The van der Waals surface area contributed by atoms with E-state index in [1.807, 2.05) is 0 Å². The fraction of sp³-hybridized carbons (Fsp3) is 1.00. The van der Waals surface area contributed by atoms with Gasteiger partial charge in [-0.05, 0) is 5.92 Å². The standard InChI is InChI=1S/C7H16N2.CH4/c1-6(2)7-5-8-3-4-9-7;/h6-9H,3-5H2,1-2H3;1H4/t7-;/m1./s1. The molecule has 1 rings (SSSR count). The maximum Gasteiger partial charge on any atom is 0.0215 e. The van der Waals surface area contributed by atoms with E-state index < -0.39 is 0 Å². The fourth-order valence-corrected chi connectivity index (χ4v) is 1.15. The number of rotatable bonds is 1. The van der Waals surface area contributed by atoms with Crippen molar-refractivity contribution in [3.05, 3.63) is 0 Å². The summed E-state index contributed by atoms with van der Waals surface area (Å²) in [5.74, 6) is 0.762. The molecule has 0 aromatic heterocycles. The largest absolute Gasteiger partial charge is 0.314 e. The van der Waals surface area contributed by atoms with E-state index in [4.69, 9.17) is 0 Å². The molecule has 2 nitrogen and oxygen atoms in total. The second kappa shape index (κ2) is 4.69. The van der Waals surface area contributed by atoms with Crippen LogP contribution in [0.25, 0.3) is 0 Å². The van der Waals surface area contributed by atoms with Crippen molar-refractivity contribution in [3.63, 3.8) is 0 Å². The summed E-state index contributed by atoms with van der Waals surface area (Å²) < 4.78 is 0. The maximum absolute atomic E-state index is 3.46. The van der Waals surface area contributed by atoms with Gasteiger partial charge in [-0.3, -0.25) is 0 Å². The van der Waals surface area contributed by atoms with Crippen LogP contribution in [0, 0.1) is 5.92 Å². The van der Waals surface area contributed by atoms with Crippen molar-refractivity contribution in [1.29, 1.82) is 0 Å². The van der Waals surface area contributed by atoms with Gasteiger partial charge in [-0.1, -0.05) is 21.3 Å². The van der Waals surface area contributed by atoms with E-state index in [1.165, 1.54) is 0 Å². The SMILES string of the molecule is C.CC(C)[C@H]1CNCCN1. The zero-order chi connectivity index (χ0) is 6.69. The minimum absolute atomic E-state index is 0. The van der Waals surface area contributed by atoms with Crippen LogP contribution in [-0.4, -0.2) is 25.7 Å². The van der Waals surface area contributed by atoms with Crippen LogP contribution >= 0.6 is 0 Å². The first-order valence-electron chi connectivity index (χ1n) is 3.75. The summed E-state index contributed by atoms with van der Waals surface area (Å²) in [6.07, 6.45) is 0. The summed E-state index contributed by atoms with van der Waals surface area (Å²) in [7, 11) is 0. The molecule has 1 saturated heterocycles. The van der Waals surface area contributed by atoms with Crippen molar-refractivity contribution in [2.45, 2.75) is 27.3 Å². The molecular formula is C8H20N2. The Hall–Kier alpha value is -0.0800. The predicted octanol–water partition coefficient (Wildman–Crippen LogP) is 0.840. The molecule has 1 heterocycles. The quantitative estimate of drug-likeness (QED) is 0.570. The molecule has 0 spiro atoms. The zero-order valence-electron chi connectivity index (χ0n) is 6.28. The number of hydrogen-bond donors (Lipinski definition) is 2. The molecule has 10 heavy (non-hydrogen) atoms. The molecule has 1 atom stereocenters. The van der Waals surface area contributed by atoms with Gasteiger partial charge in [0.1, 0.15) is 0 Å². The molecule has 0 aromatic rings. The molecule has 2 heteroatoms. The third-order valence-electron chi connectivity index (χ3n) is 1.88. The van der Waals surface area contributed by atoms with Crippen LogP contribution in [0.5, 0.6) is 0 Å². The minimum atomic E-state index is 0. The molecule has 0 aliphatic carbocycles. The van der Waals surface area contributed by atoms with E-state index >= 15 is 0 Å². The smallest absolute Gasteiger partial charge is 0.0215 e. The molecule has 1 aliphatic heterocycles. The van der Waals surface area contributed by atoms with Crippen LogP contribution in [0.2, 0.25) is 0 Å². The molecule has 62 valence electrons.